The van der Waals surface area contributed by atoms with E-state index in [0.29, 0.717) is 17.4 Å². The van der Waals surface area contributed by atoms with Gasteiger partial charge in [0.25, 0.3) is 0 Å². The average molecular weight is 214 g/mol. The average Bonchev–Trinajstić information content (AvgIpc) is 2.19. The lowest BCUT2D eigenvalue weighted by atomic mass is 10.4. The number of hydrogen-bond donors (Lipinski definition) is 0. The van der Waals surface area contributed by atoms with Crippen LogP contribution in [0.3, 0.4) is 0 Å². The fraction of sp³-hybridized carbons (Fsp3) is 0.375. The van der Waals surface area contributed by atoms with Crippen LogP contribution in [0.4, 0.5) is 5.69 Å². The van der Waals surface area contributed by atoms with E-state index >= 15 is 0 Å². The van der Waals surface area contributed by atoms with E-state index in [9.17, 15) is 10.1 Å². The minimum absolute atomic E-state index is 0.0496. The molecule has 1 aromatic heterocycles. The van der Waals surface area contributed by atoms with E-state index < -0.39 is 4.92 Å². The first-order valence-electron chi connectivity index (χ1n) is 3.97. The van der Waals surface area contributed by atoms with E-state index in [2.05, 4.69) is 4.98 Å². The van der Waals surface area contributed by atoms with Gasteiger partial charge in [-0.1, -0.05) is 11.8 Å². The Kier molecular flexibility index (Phi) is 4.34. The van der Waals surface area contributed by atoms with Crippen molar-refractivity contribution < 1.29 is 9.66 Å². The lowest BCUT2D eigenvalue weighted by Gasteiger charge is -2.00. The van der Waals surface area contributed by atoms with Gasteiger partial charge in [0.05, 0.1) is 11.5 Å². The molecule has 0 aliphatic heterocycles. The number of nitrogens with zero attached hydrogens (tertiary/aromatic N) is 2. The zero-order chi connectivity index (χ0) is 10.4. The minimum atomic E-state index is -0.428. The number of hydrogen-bond acceptors (Lipinski definition) is 5. The Labute approximate surface area is 85.6 Å². The molecule has 1 rings (SSSR count). The van der Waals surface area contributed by atoms with Gasteiger partial charge in [-0.05, 0) is 6.07 Å². The lowest BCUT2D eigenvalue weighted by Crippen LogP contribution is -1.96. The highest BCUT2D eigenvalue weighted by Gasteiger charge is 2.13. The molecule has 0 amide bonds. The number of pyridine rings is 1. The summed E-state index contributed by atoms with van der Waals surface area (Å²) in [6.07, 6.45) is 1.54. The summed E-state index contributed by atoms with van der Waals surface area (Å²) < 4.78 is 4.85. The molecular weight excluding hydrogens is 204 g/mol. The van der Waals surface area contributed by atoms with Gasteiger partial charge >= 0.3 is 5.69 Å². The van der Waals surface area contributed by atoms with E-state index in [-0.39, 0.29) is 5.69 Å². The van der Waals surface area contributed by atoms with Crippen molar-refractivity contribution in [2.24, 2.45) is 0 Å². The second-order valence-electron chi connectivity index (χ2n) is 2.43. The summed E-state index contributed by atoms with van der Waals surface area (Å²) in [4.78, 5) is 14.1. The minimum Gasteiger partial charge on any atom is -0.384 e. The van der Waals surface area contributed by atoms with E-state index in [1.807, 2.05) is 0 Å². The molecule has 0 aliphatic carbocycles. The third-order valence-corrected chi connectivity index (χ3v) is 2.43. The molecule has 6 heteroatoms. The Morgan fingerprint density at radius 3 is 3.14 bits per heavy atom. The first-order valence-corrected chi connectivity index (χ1v) is 4.95. The fourth-order valence-electron chi connectivity index (χ4n) is 0.854. The van der Waals surface area contributed by atoms with Crippen molar-refractivity contribution in [2.75, 3.05) is 19.5 Å². The molecule has 14 heavy (non-hydrogen) atoms. The first-order chi connectivity index (χ1) is 6.75. The first kappa shape index (κ1) is 10.9. The standard InChI is InChI=1S/C8H10N2O3S/c1-13-5-6-14-8-7(10(11)12)3-2-4-9-8/h2-4H,5-6H2,1H3. The molecule has 0 radical (unpaired) electrons. The predicted molar refractivity (Wildman–Crippen MR) is 53.5 cm³/mol. The Morgan fingerprint density at radius 1 is 1.71 bits per heavy atom. The monoisotopic (exact) mass is 214 g/mol. The number of aromatic nitrogens is 1. The molecule has 0 atom stereocenters. The molecule has 1 heterocycles. The summed E-state index contributed by atoms with van der Waals surface area (Å²) in [5.41, 5.74) is 0.0496. The molecule has 0 aromatic carbocycles. The van der Waals surface area contributed by atoms with E-state index in [4.69, 9.17) is 4.74 Å². The maximum absolute atomic E-state index is 10.6. The van der Waals surface area contributed by atoms with Crippen LogP contribution in [0.5, 0.6) is 0 Å². The summed E-state index contributed by atoms with van der Waals surface area (Å²) in [6.45, 7) is 0.554. The summed E-state index contributed by atoms with van der Waals surface area (Å²) >= 11 is 1.32. The Bertz CT molecular complexity index is 319. The van der Waals surface area contributed by atoms with Gasteiger partial charge in [-0.3, -0.25) is 10.1 Å². The number of nitro groups is 1. The molecule has 0 N–H and O–H groups in total. The number of thioether (sulfide) groups is 1. The normalized spacial score (nSPS) is 10.1. The second-order valence-corrected chi connectivity index (χ2v) is 3.51. The summed E-state index contributed by atoms with van der Waals surface area (Å²) in [7, 11) is 1.59. The van der Waals surface area contributed by atoms with Crippen LogP contribution in [0, 0.1) is 10.1 Å². The van der Waals surface area contributed by atoms with Crippen LogP contribution in [0.2, 0.25) is 0 Å². The number of rotatable bonds is 5. The highest BCUT2D eigenvalue weighted by molar-refractivity contribution is 7.99. The van der Waals surface area contributed by atoms with Gasteiger partial charge in [0, 0.05) is 25.1 Å². The molecular formula is C8H10N2O3S. The van der Waals surface area contributed by atoms with Crippen LogP contribution in [-0.4, -0.2) is 29.4 Å². The van der Waals surface area contributed by atoms with E-state index in [1.165, 1.54) is 17.8 Å². The van der Waals surface area contributed by atoms with Gasteiger partial charge in [0.2, 0.25) is 0 Å². The maximum Gasteiger partial charge on any atom is 0.301 e. The van der Waals surface area contributed by atoms with Crippen LogP contribution in [0.15, 0.2) is 23.4 Å². The molecule has 5 nitrogen and oxygen atoms in total. The highest BCUT2D eigenvalue weighted by atomic mass is 32.2. The van der Waals surface area contributed by atoms with Crippen LogP contribution in [0.25, 0.3) is 0 Å². The summed E-state index contributed by atoms with van der Waals surface area (Å²) in [5, 5.41) is 11.0. The Balaban J connectivity index is 2.69. The van der Waals surface area contributed by atoms with Crippen molar-refractivity contribution in [3.8, 4) is 0 Å². The lowest BCUT2D eigenvalue weighted by molar-refractivity contribution is -0.388. The van der Waals surface area contributed by atoms with Gasteiger partial charge in [0.15, 0.2) is 5.03 Å². The molecule has 0 fully saturated rings. The van der Waals surface area contributed by atoms with Crippen molar-refractivity contribution in [1.29, 1.82) is 0 Å². The van der Waals surface area contributed by atoms with Crippen LogP contribution >= 0.6 is 11.8 Å². The largest absolute Gasteiger partial charge is 0.384 e. The zero-order valence-corrected chi connectivity index (χ0v) is 8.49. The SMILES string of the molecule is COCCSc1ncccc1[N+](=O)[O-]. The second kappa shape index (κ2) is 5.56. The zero-order valence-electron chi connectivity index (χ0n) is 7.67. The van der Waals surface area contributed by atoms with Crippen molar-refractivity contribution in [3.63, 3.8) is 0 Å². The number of methoxy groups -OCH3 is 1. The predicted octanol–water partition coefficient (Wildman–Crippen LogP) is 1.73. The molecule has 0 spiro atoms. The summed E-state index contributed by atoms with van der Waals surface area (Å²) in [6, 6.07) is 3.00. The van der Waals surface area contributed by atoms with Gasteiger partial charge in [-0.15, -0.1) is 0 Å². The van der Waals surface area contributed by atoms with Crippen molar-refractivity contribution in [3.05, 3.63) is 28.4 Å². The third-order valence-electron chi connectivity index (χ3n) is 1.47. The van der Waals surface area contributed by atoms with Crippen molar-refractivity contribution in [1.82, 2.24) is 4.98 Å². The molecule has 0 saturated heterocycles. The van der Waals surface area contributed by atoms with Crippen LogP contribution < -0.4 is 0 Å². The van der Waals surface area contributed by atoms with Gasteiger partial charge in [-0.2, -0.15) is 0 Å². The molecule has 0 unspecified atom stereocenters. The van der Waals surface area contributed by atoms with E-state index in [1.54, 1.807) is 19.4 Å². The molecule has 0 bridgehead atoms. The molecule has 76 valence electrons. The maximum atomic E-state index is 10.6. The van der Waals surface area contributed by atoms with Crippen molar-refractivity contribution in [2.45, 2.75) is 5.03 Å². The molecule has 0 aliphatic rings. The molecule has 0 saturated carbocycles. The van der Waals surface area contributed by atoms with Gasteiger partial charge in [0.1, 0.15) is 0 Å². The highest BCUT2D eigenvalue weighted by Crippen LogP contribution is 2.25. The third kappa shape index (κ3) is 2.97. The smallest absolute Gasteiger partial charge is 0.301 e. The van der Waals surface area contributed by atoms with Crippen molar-refractivity contribution >= 4 is 17.4 Å². The Morgan fingerprint density at radius 2 is 2.50 bits per heavy atom. The molecule has 1 aromatic rings. The quantitative estimate of drug-likeness (QED) is 0.323. The Hall–Kier alpha value is -1.14. The topological polar surface area (TPSA) is 65.3 Å². The van der Waals surface area contributed by atoms with Gasteiger partial charge in [-0.25, -0.2) is 4.98 Å². The van der Waals surface area contributed by atoms with E-state index in [0.717, 1.165) is 0 Å². The number of ether oxygens (including phenoxy) is 1. The fourth-order valence-corrected chi connectivity index (χ4v) is 1.72. The van der Waals surface area contributed by atoms with Gasteiger partial charge < -0.3 is 4.74 Å². The van der Waals surface area contributed by atoms with Crippen LogP contribution in [0.1, 0.15) is 0 Å². The van der Waals surface area contributed by atoms with Crippen LogP contribution in [-0.2, 0) is 4.74 Å². The summed E-state index contributed by atoms with van der Waals surface area (Å²) in [5.74, 6) is 0.661.